The summed E-state index contributed by atoms with van der Waals surface area (Å²) in [6.07, 6.45) is 3.16. The largest absolute Gasteiger partial charge is 0.399 e. The fourth-order valence-electron chi connectivity index (χ4n) is 2.11. The molecule has 1 rings (SSSR count). The van der Waals surface area contributed by atoms with Gasteiger partial charge in [0.05, 0.1) is 6.54 Å². The topological polar surface area (TPSA) is 49.6 Å². The number of nitrogens with two attached hydrogens (primary N) is 1. The summed E-state index contributed by atoms with van der Waals surface area (Å²) in [4.78, 5) is 15.7. The molecule has 0 aromatic heterocycles. The van der Waals surface area contributed by atoms with E-state index in [1.54, 1.807) is 19.0 Å². The summed E-state index contributed by atoms with van der Waals surface area (Å²) in [6.45, 7) is 4.59. The van der Waals surface area contributed by atoms with E-state index in [2.05, 4.69) is 24.0 Å². The quantitative estimate of drug-likeness (QED) is 0.739. The maximum atomic E-state index is 11.8. The van der Waals surface area contributed by atoms with E-state index in [0.29, 0.717) is 6.54 Å². The summed E-state index contributed by atoms with van der Waals surface area (Å²) in [5.74, 6) is 0.172. The fraction of sp³-hybridized carbons (Fsp3) is 0.562. The first kappa shape index (κ1) is 16.5. The van der Waals surface area contributed by atoms with Crippen molar-refractivity contribution in [2.75, 3.05) is 39.5 Å². The zero-order chi connectivity index (χ0) is 15.0. The predicted octanol–water partition coefficient (Wildman–Crippen LogP) is 2.00. The van der Waals surface area contributed by atoms with Crippen molar-refractivity contribution in [1.29, 1.82) is 0 Å². The van der Waals surface area contributed by atoms with E-state index in [1.807, 2.05) is 12.1 Å². The SMILES string of the molecule is CCCN(CCCc1ccc(N)cc1)CC(=O)N(C)C. The molecule has 4 heteroatoms. The highest BCUT2D eigenvalue weighted by atomic mass is 16.2. The second-order valence-electron chi connectivity index (χ2n) is 5.41. The molecule has 0 heterocycles. The molecule has 0 radical (unpaired) electrons. The summed E-state index contributed by atoms with van der Waals surface area (Å²) >= 11 is 0. The molecule has 1 amide bonds. The van der Waals surface area contributed by atoms with Crippen molar-refractivity contribution in [1.82, 2.24) is 9.80 Å². The molecular weight excluding hydrogens is 250 g/mol. The third-order valence-corrected chi connectivity index (χ3v) is 3.32. The Morgan fingerprint density at radius 2 is 1.80 bits per heavy atom. The Kier molecular flexibility index (Phi) is 7.09. The highest BCUT2D eigenvalue weighted by Crippen LogP contribution is 2.08. The van der Waals surface area contributed by atoms with Gasteiger partial charge >= 0.3 is 0 Å². The van der Waals surface area contributed by atoms with Crippen LogP contribution >= 0.6 is 0 Å². The smallest absolute Gasteiger partial charge is 0.236 e. The van der Waals surface area contributed by atoms with Gasteiger partial charge in [-0.05, 0) is 50.0 Å². The minimum absolute atomic E-state index is 0.172. The molecule has 0 saturated carbocycles. The fourth-order valence-corrected chi connectivity index (χ4v) is 2.11. The molecule has 112 valence electrons. The van der Waals surface area contributed by atoms with Crippen LogP contribution in [0.25, 0.3) is 0 Å². The zero-order valence-corrected chi connectivity index (χ0v) is 12.9. The summed E-state index contributed by atoms with van der Waals surface area (Å²) in [7, 11) is 3.61. The van der Waals surface area contributed by atoms with Gasteiger partial charge in [0, 0.05) is 19.8 Å². The molecule has 2 N–H and O–H groups in total. The van der Waals surface area contributed by atoms with Gasteiger partial charge in [-0.2, -0.15) is 0 Å². The molecule has 1 aromatic carbocycles. The second kappa shape index (κ2) is 8.59. The average molecular weight is 277 g/mol. The van der Waals surface area contributed by atoms with E-state index in [0.717, 1.165) is 38.0 Å². The number of aryl methyl sites for hydroxylation is 1. The van der Waals surface area contributed by atoms with E-state index >= 15 is 0 Å². The van der Waals surface area contributed by atoms with Crippen LogP contribution in [0.15, 0.2) is 24.3 Å². The van der Waals surface area contributed by atoms with E-state index in [1.165, 1.54) is 5.56 Å². The van der Waals surface area contributed by atoms with Gasteiger partial charge in [0.2, 0.25) is 5.91 Å². The van der Waals surface area contributed by atoms with Gasteiger partial charge in [0.1, 0.15) is 0 Å². The number of hydrogen-bond donors (Lipinski definition) is 1. The Labute approximate surface area is 122 Å². The van der Waals surface area contributed by atoms with E-state index in [9.17, 15) is 4.79 Å². The van der Waals surface area contributed by atoms with Crippen molar-refractivity contribution in [3.8, 4) is 0 Å². The Bertz CT molecular complexity index is 401. The van der Waals surface area contributed by atoms with Crippen LogP contribution in [-0.4, -0.2) is 49.4 Å². The first-order valence-corrected chi connectivity index (χ1v) is 7.30. The lowest BCUT2D eigenvalue weighted by Gasteiger charge is -2.22. The molecule has 1 aromatic rings. The van der Waals surface area contributed by atoms with Crippen LogP contribution in [0.3, 0.4) is 0 Å². The van der Waals surface area contributed by atoms with Crippen molar-refractivity contribution in [3.63, 3.8) is 0 Å². The van der Waals surface area contributed by atoms with Gasteiger partial charge in [-0.25, -0.2) is 0 Å². The third-order valence-electron chi connectivity index (χ3n) is 3.32. The number of likely N-dealkylation sites (N-methyl/N-ethyl adjacent to an activating group) is 1. The normalized spacial score (nSPS) is 10.8. The average Bonchev–Trinajstić information content (AvgIpc) is 2.41. The van der Waals surface area contributed by atoms with Gasteiger partial charge in [-0.15, -0.1) is 0 Å². The van der Waals surface area contributed by atoms with Gasteiger partial charge in [0.15, 0.2) is 0 Å². The number of amides is 1. The Morgan fingerprint density at radius 1 is 1.15 bits per heavy atom. The number of rotatable bonds is 8. The lowest BCUT2D eigenvalue weighted by Crippen LogP contribution is -2.37. The van der Waals surface area contributed by atoms with E-state index in [4.69, 9.17) is 5.73 Å². The van der Waals surface area contributed by atoms with Gasteiger partial charge in [-0.3, -0.25) is 9.69 Å². The minimum Gasteiger partial charge on any atom is -0.399 e. The zero-order valence-electron chi connectivity index (χ0n) is 12.9. The van der Waals surface area contributed by atoms with Crippen LogP contribution < -0.4 is 5.73 Å². The number of nitrogen functional groups attached to an aromatic ring is 1. The van der Waals surface area contributed by atoms with Crippen molar-refractivity contribution < 1.29 is 4.79 Å². The predicted molar refractivity (Wildman–Crippen MR) is 84.6 cm³/mol. The highest BCUT2D eigenvalue weighted by Gasteiger charge is 2.11. The Morgan fingerprint density at radius 3 is 2.35 bits per heavy atom. The van der Waals surface area contributed by atoms with Crippen LogP contribution in [0.1, 0.15) is 25.3 Å². The van der Waals surface area contributed by atoms with Gasteiger partial charge in [0.25, 0.3) is 0 Å². The summed E-state index contributed by atoms with van der Waals surface area (Å²) < 4.78 is 0. The Hall–Kier alpha value is -1.55. The van der Waals surface area contributed by atoms with E-state index < -0.39 is 0 Å². The van der Waals surface area contributed by atoms with Crippen molar-refractivity contribution >= 4 is 11.6 Å². The molecule has 0 unspecified atom stereocenters. The van der Waals surface area contributed by atoms with Crippen LogP contribution in [0.5, 0.6) is 0 Å². The van der Waals surface area contributed by atoms with Gasteiger partial charge < -0.3 is 10.6 Å². The van der Waals surface area contributed by atoms with E-state index in [-0.39, 0.29) is 5.91 Å². The molecule has 0 fully saturated rings. The number of anilines is 1. The summed E-state index contributed by atoms with van der Waals surface area (Å²) in [5, 5.41) is 0. The van der Waals surface area contributed by atoms with Crippen LogP contribution in [0.4, 0.5) is 5.69 Å². The molecular formula is C16H27N3O. The molecule has 0 atom stereocenters. The molecule has 20 heavy (non-hydrogen) atoms. The molecule has 0 bridgehead atoms. The molecule has 0 spiro atoms. The van der Waals surface area contributed by atoms with Gasteiger partial charge in [-0.1, -0.05) is 19.1 Å². The van der Waals surface area contributed by atoms with Crippen LogP contribution in [0, 0.1) is 0 Å². The van der Waals surface area contributed by atoms with Crippen LogP contribution in [0.2, 0.25) is 0 Å². The summed E-state index contributed by atoms with van der Waals surface area (Å²) in [6, 6.07) is 8.03. The molecule has 0 saturated heterocycles. The standard InChI is InChI=1S/C16H27N3O/c1-4-11-19(13-16(20)18(2)3)12-5-6-14-7-9-15(17)10-8-14/h7-10H,4-6,11-13,17H2,1-3H3. The minimum atomic E-state index is 0.172. The second-order valence-corrected chi connectivity index (χ2v) is 5.41. The summed E-state index contributed by atoms with van der Waals surface area (Å²) in [5.41, 5.74) is 7.78. The number of hydrogen-bond acceptors (Lipinski definition) is 3. The number of nitrogens with zero attached hydrogens (tertiary/aromatic N) is 2. The number of benzene rings is 1. The maximum Gasteiger partial charge on any atom is 0.236 e. The number of carbonyl (C=O) groups excluding carboxylic acids is 1. The molecule has 4 nitrogen and oxygen atoms in total. The Balaban J connectivity index is 2.38. The maximum absolute atomic E-state index is 11.8. The first-order chi connectivity index (χ1) is 9.52. The third kappa shape index (κ3) is 6.06. The molecule has 0 aliphatic heterocycles. The number of carbonyl (C=O) groups is 1. The van der Waals surface area contributed by atoms with Crippen molar-refractivity contribution in [3.05, 3.63) is 29.8 Å². The van der Waals surface area contributed by atoms with Crippen LogP contribution in [-0.2, 0) is 11.2 Å². The van der Waals surface area contributed by atoms with Crippen molar-refractivity contribution in [2.45, 2.75) is 26.2 Å². The monoisotopic (exact) mass is 277 g/mol. The highest BCUT2D eigenvalue weighted by molar-refractivity contribution is 5.77. The lowest BCUT2D eigenvalue weighted by molar-refractivity contribution is -0.129. The molecule has 0 aliphatic carbocycles. The first-order valence-electron chi connectivity index (χ1n) is 7.30. The van der Waals surface area contributed by atoms with Crippen molar-refractivity contribution in [2.24, 2.45) is 0 Å². The lowest BCUT2D eigenvalue weighted by atomic mass is 10.1. The molecule has 0 aliphatic rings.